The molecule has 4 rings (SSSR count). The van der Waals surface area contributed by atoms with Gasteiger partial charge in [-0.1, -0.05) is 6.92 Å². The Balaban J connectivity index is 2.05. The van der Waals surface area contributed by atoms with E-state index >= 15 is 0 Å². The molecular weight excluding hydrogens is 547 g/mol. The summed E-state index contributed by atoms with van der Waals surface area (Å²) in [7, 11) is -10.3. The first-order valence-corrected chi connectivity index (χ1v) is 13.2. The Hall–Kier alpha value is -3.66. The van der Waals surface area contributed by atoms with Gasteiger partial charge < -0.3 is 23.1 Å². The van der Waals surface area contributed by atoms with Gasteiger partial charge in [-0.15, -0.1) is 0 Å². The maximum atomic E-state index is 13.7. The quantitative estimate of drug-likeness (QED) is 0.280. The van der Waals surface area contributed by atoms with Crippen molar-refractivity contribution < 1.29 is 57.9 Å². The van der Waals surface area contributed by atoms with Crippen LogP contribution in [0.2, 0.25) is 0 Å². The molecule has 0 amide bonds. The number of fused-ring (bicyclic) bond motifs is 2. The molecule has 2 aromatic rings. The summed E-state index contributed by atoms with van der Waals surface area (Å²) in [6.07, 6.45) is 0.530. The van der Waals surface area contributed by atoms with Crippen molar-refractivity contribution in [2.75, 3.05) is 24.8 Å². The predicted molar refractivity (Wildman–Crippen MR) is 119 cm³/mol. The molecule has 0 spiro atoms. The summed E-state index contributed by atoms with van der Waals surface area (Å²) in [5.41, 5.74) is -8.00. The molecule has 0 saturated heterocycles. The highest BCUT2D eigenvalue weighted by Gasteiger charge is 2.52. The highest BCUT2D eigenvalue weighted by Crippen LogP contribution is 2.46. The number of benzene rings is 2. The van der Waals surface area contributed by atoms with Crippen LogP contribution >= 0.6 is 0 Å². The number of hydrogen-bond donors (Lipinski definition) is 0. The molecule has 2 heterocycles. The zero-order valence-corrected chi connectivity index (χ0v) is 20.7. The molecule has 0 bridgehead atoms. The average Bonchev–Trinajstić information content (AvgIpc) is 3.30. The standard InChI is InChI=1S/C21H18F3NO10S2/c1-3-8-32-13-5-7-17-14(10-13)19(35-37(29,30)21(22,23)24)18(20(26)31-2)25(36(17,27)28)12-4-6-15-16(9-12)34-11-33-15/h4-7,9-10H,3,8,11H2,1-2H3. The summed E-state index contributed by atoms with van der Waals surface area (Å²) < 4.78 is 117. The molecule has 0 radical (unpaired) electrons. The molecule has 0 atom stereocenters. The Morgan fingerprint density at radius 3 is 2.46 bits per heavy atom. The van der Waals surface area contributed by atoms with Gasteiger partial charge in [0.1, 0.15) is 5.75 Å². The van der Waals surface area contributed by atoms with Crippen molar-refractivity contribution in [3.63, 3.8) is 0 Å². The third kappa shape index (κ3) is 4.61. The number of methoxy groups -OCH3 is 1. The summed E-state index contributed by atoms with van der Waals surface area (Å²) in [6, 6.07) is 6.79. The number of esters is 1. The van der Waals surface area contributed by atoms with Gasteiger partial charge in [-0.2, -0.15) is 21.6 Å². The molecule has 0 N–H and O–H groups in total. The van der Waals surface area contributed by atoms with E-state index in [0.717, 1.165) is 25.3 Å². The average molecular weight is 566 g/mol. The fourth-order valence-corrected chi connectivity index (χ4v) is 5.59. The van der Waals surface area contributed by atoms with Gasteiger partial charge in [-0.25, -0.2) is 17.5 Å². The van der Waals surface area contributed by atoms with Gasteiger partial charge in [0.15, 0.2) is 23.0 Å². The van der Waals surface area contributed by atoms with Crippen LogP contribution in [0.4, 0.5) is 18.9 Å². The third-order valence-corrected chi connectivity index (χ3v) is 7.79. The Morgan fingerprint density at radius 2 is 1.81 bits per heavy atom. The highest BCUT2D eigenvalue weighted by molar-refractivity contribution is 7.93. The number of alkyl halides is 3. The number of sulfonamides is 1. The van der Waals surface area contributed by atoms with E-state index in [0.29, 0.717) is 10.7 Å². The normalized spacial score (nSPS) is 16.3. The minimum atomic E-state index is -6.37. The molecule has 2 aliphatic rings. The van der Waals surface area contributed by atoms with Crippen molar-refractivity contribution in [1.82, 2.24) is 0 Å². The van der Waals surface area contributed by atoms with Gasteiger partial charge in [0, 0.05) is 11.6 Å². The van der Waals surface area contributed by atoms with Crippen molar-refractivity contribution in [2.24, 2.45) is 0 Å². The second-order valence-corrected chi connectivity index (χ2v) is 10.8. The first-order valence-electron chi connectivity index (χ1n) is 10.4. The van der Waals surface area contributed by atoms with E-state index in [9.17, 15) is 34.8 Å². The van der Waals surface area contributed by atoms with E-state index < -0.39 is 53.5 Å². The molecule has 200 valence electrons. The highest BCUT2D eigenvalue weighted by atomic mass is 32.2. The Bertz CT molecular complexity index is 1500. The van der Waals surface area contributed by atoms with Gasteiger partial charge in [0.05, 0.1) is 24.3 Å². The Labute approximate surface area is 209 Å². The largest absolute Gasteiger partial charge is 0.534 e. The predicted octanol–water partition coefficient (Wildman–Crippen LogP) is 3.12. The lowest BCUT2D eigenvalue weighted by Gasteiger charge is -2.32. The van der Waals surface area contributed by atoms with Crippen LogP contribution in [0.15, 0.2) is 47.0 Å². The molecule has 2 aromatic carbocycles. The number of carbonyl (C=O) groups excluding carboxylic acids is 1. The molecular formula is C21H18F3NO10S2. The molecule has 0 aromatic heterocycles. The van der Waals surface area contributed by atoms with Crippen molar-refractivity contribution in [2.45, 2.75) is 23.7 Å². The summed E-state index contributed by atoms with van der Waals surface area (Å²) in [6.45, 7) is 1.73. The number of nitrogens with zero attached hydrogens (tertiary/aromatic N) is 1. The van der Waals surface area contributed by atoms with E-state index in [4.69, 9.17) is 14.2 Å². The minimum absolute atomic E-state index is 0.0120. The van der Waals surface area contributed by atoms with Gasteiger partial charge >= 0.3 is 21.6 Å². The number of hydrogen-bond acceptors (Lipinski definition) is 10. The number of anilines is 1. The summed E-state index contributed by atoms with van der Waals surface area (Å²) in [4.78, 5) is 12.2. The van der Waals surface area contributed by atoms with Crippen LogP contribution in [0.1, 0.15) is 18.9 Å². The lowest BCUT2D eigenvalue weighted by molar-refractivity contribution is -0.136. The first kappa shape index (κ1) is 26.4. The van der Waals surface area contributed by atoms with E-state index in [1.54, 1.807) is 6.92 Å². The lowest BCUT2D eigenvalue weighted by Crippen LogP contribution is -2.40. The van der Waals surface area contributed by atoms with Crippen molar-refractivity contribution in [3.05, 3.63) is 47.7 Å². The second kappa shape index (κ2) is 9.33. The van der Waals surface area contributed by atoms with Crippen LogP contribution < -0.4 is 18.5 Å². The summed E-state index contributed by atoms with van der Waals surface area (Å²) in [5, 5.41) is 0. The van der Waals surface area contributed by atoms with Crippen LogP contribution in [0.3, 0.4) is 0 Å². The zero-order chi connectivity index (χ0) is 27.2. The van der Waals surface area contributed by atoms with E-state index in [2.05, 4.69) is 8.92 Å². The lowest BCUT2D eigenvalue weighted by atomic mass is 10.1. The van der Waals surface area contributed by atoms with Crippen LogP contribution in [-0.2, 0) is 33.9 Å². The van der Waals surface area contributed by atoms with Crippen molar-refractivity contribution in [1.29, 1.82) is 0 Å². The number of carbonyl (C=O) groups is 1. The number of halogens is 3. The molecule has 0 fully saturated rings. The zero-order valence-electron chi connectivity index (χ0n) is 19.1. The van der Waals surface area contributed by atoms with Crippen LogP contribution in [0.5, 0.6) is 17.2 Å². The first-order chi connectivity index (χ1) is 17.3. The fraction of sp³-hybridized carbons (Fsp3) is 0.286. The van der Waals surface area contributed by atoms with E-state index in [-0.39, 0.29) is 36.3 Å². The van der Waals surface area contributed by atoms with E-state index in [1.165, 1.54) is 18.2 Å². The van der Waals surface area contributed by atoms with Crippen molar-refractivity contribution >= 4 is 37.6 Å². The molecule has 2 aliphatic heterocycles. The SMILES string of the molecule is CCCOc1ccc2c(c1)C(OS(=O)(=O)C(F)(F)F)=C(C(=O)OC)N(c1ccc3c(c1)OCO3)S2(=O)=O. The Morgan fingerprint density at radius 1 is 1.11 bits per heavy atom. The van der Waals surface area contributed by atoms with Gasteiger partial charge in [-0.3, -0.25) is 0 Å². The minimum Gasteiger partial charge on any atom is -0.494 e. The molecule has 0 aliphatic carbocycles. The maximum Gasteiger partial charge on any atom is 0.534 e. The van der Waals surface area contributed by atoms with E-state index in [1.807, 2.05) is 0 Å². The monoisotopic (exact) mass is 565 g/mol. The van der Waals surface area contributed by atoms with Crippen LogP contribution in [0, 0.1) is 0 Å². The summed E-state index contributed by atoms with van der Waals surface area (Å²) in [5.74, 6) is -2.44. The molecule has 11 nitrogen and oxygen atoms in total. The number of ether oxygens (including phenoxy) is 4. The Kier molecular flexibility index (Phi) is 6.66. The summed E-state index contributed by atoms with van der Waals surface area (Å²) >= 11 is 0. The second-order valence-electron chi connectivity index (χ2n) is 7.47. The molecule has 16 heteroatoms. The molecule has 0 unspecified atom stereocenters. The topological polar surface area (TPSA) is 135 Å². The van der Waals surface area contributed by atoms with Crippen LogP contribution in [0.25, 0.3) is 5.76 Å². The molecule has 0 saturated carbocycles. The van der Waals surface area contributed by atoms with Gasteiger partial charge in [0.2, 0.25) is 6.79 Å². The van der Waals surface area contributed by atoms with Gasteiger partial charge in [-0.05, 0) is 36.8 Å². The number of rotatable bonds is 7. The van der Waals surface area contributed by atoms with Gasteiger partial charge in [0.25, 0.3) is 10.0 Å². The van der Waals surface area contributed by atoms with Crippen LogP contribution in [-0.4, -0.2) is 48.8 Å². The molecule has 37 heavy (non-hydrogen) atoms. The smallest absolute Gasteiger partial charge is 0.494 e. The van der Waals surface area contributed by atoms with Crippen molar-refractivity contribution in [3.8, 4) is 17.2 Å². The third-order valence-electron chi connectivity index (χ3n) is 5.05. The fourth-order valence-electron chi connectivity index (χ4n) is 3.45. The maximum absolute atomic E-state index is 13.7.